The van der Waals surface area contributed by atoms with Gasteiger partial charge in [0.2, 0.25) is 0 Å². The van der Waals surface area contributed by atoms with Crippen LogP contribution in [0, 0.1) is 11.8 Å². The molecule has 0 saturated heterocycles. The van der Waals surface area contributed by atoms with Crippen molar-refractivity contribution in [1.82, 2.24) is 5.32 Å². The van der Waals surface area contributed by atoms with Crippen molar-refractivity contribution >= 4 is 23.9 Å². The van der Waals surface area contributed by atoms with Crippen molar-refractivity contribution in [3.63, 3.8) is 0 Å². The Morgan fingerprint density at radius 3 is 2.91 bits per heavy atom. The fourth-order valence-electron chi connectivity index (χ4n) is 3.39. The lowest BCUT2D eigenvalue weighted by atomic mass is 9.78. The van der Waals surface area contributed by atoms with E-state index in [1.807, 2.05) is 33.1 Å². The molecule has 1 amide bonds. The largest absolute Gasteiger partial charge is 0.444 e. The highest BCUT2D eigenvalue weighted by molar-refractivity contribution is 6.30. The van der Waals surface area contributed by atoms with Gasteiger partial charge in [-0.1, -0.05) is 23.8 Å². The third-order valence-corrected chi connectivity index (χ3v) is 4.47. The number of aliphatic imine (C=N–C) groups is 1. The van der Waals surface area contributed by atoms with E-state index in [-0.39, 0.29) is 23.9 Å². The van der Waals surface area contributed by atoms with Gasteiger partial charge in [-0.05, 0) is 44.4 Å². The first-order valence-corrected chi connectivity index (χ1v) is 8.21. The van der Waals surface area contributed by atoms with Crippen molar-refractivity contribution in [1.29, 1.82) is 0 Å². The number of amides is 1. The molecule has 1 aliphatic heterocycles. The van der Waals surface area contributed by atoms with Crippen molar-refractivity contribution in [3.8, 4) is 0 Å². The Labute approximate surface area is 141 Å². The molecule has 0 aromatic heterocycles. The van der Waals surface area contributed by atoms with Crippen LogP contribution in [0.15, 0.2) is 39.5 Å². The van der Waals surface area contributed by atoms with Gasteiger partial charge in [-0.3, -0.25) is 0 Å². The van der Waals surface area contributed by atoms with Gasteiger partial charge >= 0.3 is 6.09 Å². The average Bonchev–Trinajstić information content (AvgIpc) is 2.73. The minimum absolute atomic E-state index is 0.0862. The highest BCUT2D eigenvalue weighted by Crippen LogP contribution is 2.41. The van der Waals surface area contributed by atoms with Crippen molar-refractivity contribution in [2.75, 3.05) is 0 Å². The van der Waals surface area contributed by atoms with E-state index in [2.05, 4.69) is 22.5 Å². The third kappa shape index (κ3) is 3.35. The van der Waals surface area contributed by atoms with Crippen LogP contribution in [0.3, 0.4) is 0 Å². The van der Waals surface area contributed by atoms with Gasteiger partial charge in [0.05, 0.1) is 6.04 Å². The summed E-state index contributed by atoms with van der Waals surface area (Å²) in [5.41, 5.74) is 7.93. The summed E-state index contributed by atoms with van der Waals surface area (Å²) in [6.07, 6.45) is 8.19. The lowest BCUT2D eigenvalue weighted by Crippen LogP contribution is -2.42. The van der Waals surface area contributed by atoms with Crippen molar-refractivity contribution in [2.24, 2.45) is 22.6 Å². The Kier molecular flexibility index (Phi) is 4.10. The first kappa shape index (κ1) is 16.3. The molecule has 2 aliphatic carbocycles. The lowest BCUT2D eigenvalue weighted by molar-refractivity contribution is 0.0510. The first-order valence-electron chi connectivity index (χ1n) is 7.83. The molecule has 23 heavy (non-hydrogen) atoms. The minimum atomic E-state index is -0.528. The number of hydrogen-bond donors (Lipinski definition) is 2. The number of halogens is 1. The Bertz CT molecular complexity index is 643. The molecule has 3 rings (SSSR count). The van der Waals surface area contributed by atoms with Gasteiger partial charge < -0.3 is 15.8 Å². The Morgan fingerprint density at radius 2 is 2.22 bits per heavy atom. The van der Waals surface area contributed by atoms with Crippen molar-refractivity contribution in [2.45, 2.75) is 44.9 Å². The normalized spacial score (nSPS) is 32.3. The van der Waals surface area contributed by atoms with E-state index in [9.17, 15) is 4.79 Å². The summed E-state index contributed by atoms with van der Waals surface area (Å²) in [5, 5.41) is 3.46. The number of nitrogens with zero attached hydrogens (tertiary/aromatic N) is 1. The van der Waals surface area contributed by atoms with Crippen LogP contribution in [-0.4, -0.2) is 30.0 Å². The molecular formula is C17H22ClN3O2. The van der Waals surface area contributed by atoms with Gasteiger partial charge in [0.15, 0.2) is 0 Å². The van der Waals surface area contributed by atoms with Gasteiger partial charge in [-0.15, -0.1) is 0 Å². The van der Waals surface area contributed by atoms with Gasteiger partial charge in [0.1, 0.15) is 10.8 Å². The van der Waals surface area contributed by atoms with Crippen LogP contribution >= 0.6 is 11.6 Å². The maximum Gasteiger partial charge on any atom is 0.408 e. The zero-order chi connectivity index (χ0) is 16.8. The molecule has 5 nitrogen and oxygen atoms in total. The highest BCUT2D eigenvalue weighted by atomic mass is 35.5. The number of fused-ring (bicyclic) bond motifs is 2. The zero-order valence-corrected chi connectivity index (χ0v) is 14.3. The maximum absolute atomic E-state index is 12.1. The topological polar surface area (TPSA) is 76.7 Å². The number of ether oxygens (including phenoxy) is 1. The van der Waals surface area contributed by atoms with Crippen molar-refractivity contribution in [3.05, 3.63) is 34.5 Å². The number of carbonyl (C=O) groups excluding carboxylic acids is 1. The van der Waals surface area contributed by atoms with Crippen molar-refractivity contribution < 1.29 is 9.53 Å². The van der Waals surface area contributed by atoms with Gasteiger partial charge in [0, 0.05) is 24.1 Å². The van der Waals surface area contributed by atoms with Crippen LogP contribution in [0.5, 0.6) is 0 Å². The maximum atomic E-state index is 12.1. The van der Waals surface area contributed by atoms with Gasteiger partial charge in [-0.2, -0.15) is 0 Å². The zero-order valence-electron chi connectivity index (χ0n) is 13.5. The summed E-state index contributed by atoms with van der Waals surface area (Å²) >= 11 is 6.00. The van der Waals surface area contributed by atoms with E-state index in [0.717, 1.165) is 11.1 Å². The molecule has 4 atom stereocenters. The molecule has 3 aliphatic rings. The Balaban J connectivity index is 1.81. The van der Waals surface area contributed by atoms with E-state index in [1.54, 1.807) is 0 Å². The van der Waals surface area contributed by atoms with E-state index in [1.165, 1.54) is 0 Å². The monoisotopic (exact) mass is 335 g/mol. The summed E-state index contributed by atoms with van der Waals surface area (Å²) in [4.78, 5) is 16.3. The number of carbonyl (C=O) groups is 1. The van der Waals surface area contributed by atoms with Crippen LogP contribution in [0.25, 0.3) is 0 Å². The lowest BCUT2D eigenvalue weighted by Gasteiger charge is -2.31. The predicted octanol–water partition coefficient (Wildman–Crippen LogP) is 2.87. The van der Waals surface area contributed by atoms with Gasteiger partial charge in [0.25, 0.3) is 0 Å². The molecule has 4 unspecified atom stereocenters. The summed E-state index contributed by atoms with van der Waals surface area (Å²) in [6.45, 7) is 5.53. The Hall–Kier alpha value is -1.59. The van der Waals surface area contributed by atoms with Gasteiger partial charge in [-0.25, -0.2) is 9.79 Å². The fourth-order valence-corrected chi connectivity index (χ4v) is 3.59. The van der Waals surface area contributed by atoms with E-state index >= 15 is 0 Å². The summed E-state index contributed by atoms with van der Waals surface area (Å²) in [5.74, 6) is 0.248. The number of nitrogens with two attached hydrogens (primary N) is 1. The second-order valence-corrected chi connectivity index (χ2v) is 7.57. The molecule has 1 heterocycles. The number of alkyl carbamates (subject to hydrolysis) is 1. The molecule has 0 aromatic rings. The first-order chi connectivity index (χ1) is 10.7. The highest BCUT2D eigenvalue weighted by Gasteiger charge is 2.40. The molecule has 124 valence electrons. The van der Waals surface area contributed by atoms with Crippen LogP contribution in [0.4, 0.5) is 4.79 Å². The summed E-state index contributed by atoms with van der Waals surface area (Å²) < 4.78 is 5.37. The Morgan fingerprint density at radius 1 is 1.48 bits per heavy atom. The molecule has 3 N–H and O–H groups in total. The molecule has 0 aromatic carbocycles. The third-order valence-electron chi connectivity index (χ3n) is 4.25. The standard InChI is InChI=1S/C17H22ClN3O2/c1-17(2,3)23-16(22)21-13-7-12(19)10-5-4-9-6-14(18)20-8-11(9)15(10)13/h4-6,8-9,11-13H,7,19H2,1-3H3,(H,21,22). The summed E-state index contributed by atoms with van der Waals surface area (Å²) in [7, 11) is 0. The van der Waals surface area contributed by atoms with Crippen LogP contribution in [0.1, 0.15) is 27.2 Å². The molecule has 0 fully saturated rings. The van der Waals surface area contributed by atoms with Crippen LogP contribution in [0.2, 0.25) is 0 Å². The molecule has 6 heteroatoms. The SMILES string of the molecule is CC(C)(C)OC(=O)NC1CC(N)C2=C1C1C=NC(Cl)=CC1C=C2. The van der Waals surface area contributed by atoms with Crippen LogP contribution < -0.4 is 11.1 Å². The quantitative estimate of drug-likeness (QED) is 0.723. The number of hydrogen-bond acceptors (Lipinski definition) is 4. The second-order valence-electron chi connectivity index (χ2n) is 7.18. The minimum Gasteiger partial charge on any atom is -0.444 e. The number of nitrogens with one attached hydrogen (secondary N) is 1. The average molecular weight is 336 g/mol. The molecule has 0 saturated carbocycles. The molecule has 0 bridgehead atoms. The van der Waals surface area contributed by atoms with E-state index in [4.69, 9.17) is 22.1 Å². The molecule has 0 spiro atoms. The predicted molar refractivity (Wildman–Crippen MR) is 91.3 cm³/mol. The van der Waals surface area contributed by atoms with Crippen LogP contribution in [-0.2, 0) is 4.74 Å². The van der Waals surface area contributed by atoms with E-state index < -0.39 is 11.7 Å². The number of allylic oxidation sites excluding steroid dienone is 2. The molecular weight excluding hydrogens is 314 g/mol. The molecule has 0 radical (unpaired) electrons. The van der Waals surface area contributed by atoms with E-state index in [0.29, 0.717) is 11.6 Å². The smallest absolute Gasteiger partial charge is 0.408 e. The summed E-state index contributed by atoms with van der Waals surface area (Å²) in [6, 6.07) is -0.221. The second kappa shape index (κ2) is 5.80. The fraction of sp³-hybridized carbons (Fsp3) is 0.529. The number of rotatable bonds is 1.